The minimum Gasteiger partial charge on any atom is -0.486 e. The first-order valence-corrected chi connectivity index (χ1v) is 11.0. The minimum atomic E-state index is -0.477. The van der Waals surface area contributed by atoms with Gasteiger partial charge >= 0.3 is 0 Å². The molecule has 2 amide bonds. The molecule has 1 aliphatic heterocycles. The van der Waals surface area contributed by atoms with Crippen molar-refractivity contribution >= 4 is 46.9 Å². The number of ether oxygens (including phenoxy) is 1. The third kappa shape index (κ3) is 3.79. The summed E-state index contributed by atoms with van der Waals surface area (Å²) < 4.78 is 5.70. The van der Waals surface area contributed by atoms with Crippen molar-refractivity contribution in [3.05, 3.63) is 79.8 Å². The van der Waals surface area contributed by atoms with E-state index in [1.54, 1.807) is 24.3 Å². The highest BCUT2D eigenvalue weighted by Gasteiger charge is 2.59. The number of nitro benzene ring substituents is 1. The maximum absolute atomic E-state index is 12.7. The van der Waals surface area contributed by atoms with Gasteiger partial charge in [0.25, 0.3) is 17.5 Å². The summed E-state index contributed by atoms with van der Waals surface area (Å²) in [4.78, 5) is 35.7. The van der Waals surface area contributed by atoms with Crippen LogP contribution in [0.1, 0.15) is 17.5 Å². The number of hydrazone groups is 1. The molecule has 2 aromatic rings. The number of hydrogen-bond acceptors (Lipinski definition) is 6. The van der Waals surface area contributed by atoms with Crippen LogP contribution in [0.15, 0.2) is 53.7 Å². The van der Waals surface area contributed by atoms with Gasteiger partial charge in [-0.15, -0.1) is 0 Å². The molecule has 10 heteroatoms. The first-order valence-electron chi connectivity index (χ1n) is 10.3. The lowest BCUT2D eigenvalue weighted by atomic mass is 9.85. The number of rotatable bonds is 6. The second kappa shape index (κ2) is 8.28. The van der Waals surface area contributed by atoms with Crippen LogP contribution in [-0.2, 0) is 16.2 Å². The Labute approximate surface area is 198 Å². The molecule has 1 heterocycles. The molecule has 33 heavy (non-hydrogen) atoms. The van der Waals surface area contributed by atoms with Crippen LogP contribution < -0.4 is 4.74 Å². The van der Waals surface area contributed by atoms with Crippen LogP contribution in [0, 0.1) is 33.8 Å². The quantitative estimate of drug-likeness (QED) is 0.195. The first kappa shape index (κ1) is 21.6. The monoisotopic (exact) mass is 485 g/mol. The summed E-state index contributed by atoms with van der Waals surface area (Å²) >= 11 is 12.7. The van der Waals surface area contributed by atoms with E-state index >= 15 is 0 Å². The summed E-state index contributed by atoms with van der Waals surface area (Å²) in [6, 6.07) is 9.08. The molecule has 2 aromatic carbocycles. The lowest BCUT2D eigenvalue weighted by molar-refractivity contribution is -0.384. The van der Waals surface area contributed by atoms with Crippen LogP contribution in [-0.4, -0.2) is 28.0 Å². The minimum absolute atomic E-state index is 0.0130. The van der Waals surface area contributed by atoms with E-state index in [1.807, 2.05) is 12.2 Å². The molecule has 5 rings (SSSR count). The highest BCUT2D eigenvalue weighted by molar-refractivity contribution is 6.37. The van der Waals surface area contributed by atoms with Gasteiger partial charge in [-0.25, -0.2) is 0 Å². The number of imide groups is 1. The Hall–Kier alpha value is -3.23. The summed E-state index contributed by atoms with van der Waals surface area (Å²) in [6.07, 6.45) is 6.29. The van der Waals surface area contributed by atoms with Crippen LogP contribution in [0.3, 0.4) is 0 Å². The van der Waals surface area contributed by atoms with Crippen molar-refractivity contribution in [1.29, 1.82) is 0 Å². The molecule has 2 bridgehead atoms. The number of benzene rings is 2. The molecule has 4 atom stereocenters. The average Bonchev–Trinajstić information content (AvgIpc) is 3.46. The molecule has 1 saturated heterocycles. The zero-order chi connectivity index (χ0) is 23.3. The van der Waals surface area contributed by atoms with E-state index in [4.69, 9.17) is 27.9 Å². The Kier molecular flexibility index (Phi) is 5.42. The SMILES string of the molecule is O=C1C2C3C=CC(C3)C2C(=O)N1N=Cc1cc(Cl)c(OCc2ccc([N+](=O)[O-])cc2)c(Cl)c1. The van der Waals surface area contributed by atoms with Crippen molar-refractivity contribution < 1.29 is 19.2 Å². The number of carbonyl (C=O) groups is 2. The van der Waals surface area contributed by atoms with Gasteiger partial charge in [0.1, 0.15) is 6.61 Å². The van der Waals surface area contributed by atoms with Crippen LogP contribution in [0.2, 0.25) is 10.0 Å². The molecule has 1 saturated carbocycles. The third-order valence-electron chi connectivity index (χ3n) is 6.32. The molecule has 0 spiro atoms. The van der Waals surface area contributed by atoms with E-state index in [-0.39, 0.29) is 63.6 Å². The van der Waals surface area contributed by atoms with Gasteiger partial charge in [-0.3, -0.25) is 19.7 Å². The maximum Gasteiger partial charge on any atom is 0.269 e. The van der Waals surface area contributed by atoms with Crippen molar-refractivity contribution in [2.75, 3.05) is 0 Å². The lowest BCUT2D eigenvalue weighted by Gasteiger charge is -2.13. The maximum atomic E-state index is 12.7. The number of nitrogens with zero attached hydrogens (tertiary/aromatic N) is 3. The average molecular weight is 486 g/mol. The predicted octanol–water partition coefficient (Wildman–Crippen LogP) is 4.62. The summed E-state index contributed by atoms with van der Waals surface area (Å²) in [5, 5.41) is 16.3. The molecule has 3 aliphatic rings. The Balaban J connectivity index is 1.28. The van der Waals surface area contributed by atoms with Crippen LogP contribution in [0.25, 0.3) is 0 Å². The Bertz CT molecular complexity index is 1170. The smallest absolute Gasteiger partial charge is 0.269 e. The van der Waals surface area contributed by atoms with Crippen molar-refractivity contribution in [2.45, 2.75) is 13.0 Å². The summed E-state index contributed by atoms with van der Waals surface area (Å²) in [5.41, 5.74) is 1.20. The zero-order valence-electron chi connectivity index (χ0n) is 17.1. The zero-order valence-corrected chi connectivity index (χ0v) is 18.6. The van der Waals surface area contributed by atoms with Gasteiger partial charge in [-0.05, 0) is 53.6 Å². The normalized spacial score (nSPS) is 25.3. The number of fused-ring (bicyclic) bond motifs is 5. The standard InChI is InChI=1S/C23H17Cl2N3O5/c24-17-7-13(8-18(25)21(17)33-11-12-1-5-16(6-2-12)28(31)32)10-26-27-22(29)19-14-3-4-15(9-14)20(19)23(27)30/h1-8,10,14-15,19-20H,9,11H2. The molecule has 2 aliphatic carbocycles. The molecule has 2 fully saturated rings. The summed E-state index contributed by atoms with van der Waals surface area (Å²) in [7, 11) is 0. The highest BCUT2D eigenvalue weighted by atomic mass is 35.5. The predicted molar refractivity (Wildman–Crippen MR) is 121 cm³/mol. The van der Waals surface area contributed by atoms with Crippen LogP contribution in [0.5, 0.6) is 5.75 Å². The van der Waals surface area contributed by atoms with E-state index < -0.39 is 4.92 Å². The van der Waals surface area contributed by atoms with E-state index in [2.05, 4.69) is 5.10 Å². The molecule has 168 valence electrons. The summed E-state index contributed by atoms with van der Waals surface area (Å²) in [6.45, 7) is 0.112. The van der Waals surface area contributed by atoms with E-state index in [9.17, 15) is 19.7 Å². The third-order valence-corrected chi connectivity index (χ3v) is 6.88. The van der Waals surface area contributed by atoms with Crippen molar-refractivity contribution in [3.63, 3.8) is 0 Å². The Morgan fingerprint density at radius 1 is 1.06 bits per heavy atom. The Morgan fingerprint density at radius 3 is 2.18 bits per heavy atom. The van der Waals surface area contributed by atoms with Gasteiger partial charge in [0.15, 0.2) is 5.75 Å². The fourth-order valence-electron chi connectivity index (χ4n) is 4.79. The fraction of sp³-hybridized carbons (Fsp3) is 0.261. The fourth-order valence-corrected chi connectivity index (χ4v) is 5.40. The second-order valence-electron chi connectivity index (χ2n) is 8.26. The van der Waals surface area contributed by atoms with Crippen LogP contribution in [0.4, 0.5) is 5.69 Å². The molecule has 8 nitrogen and oxygen atoms in total. The number of carbonyl (C=O) groups excluding carboxylic acids is 2. The van der Waals surface area contributed by atoms with Crippen molar-refractivity contribution in [1.82, 2.24) is 5.01 Å². The largest absolute Gasteiger partial charge is 0.486 e. The summed E-state index contributed by atoms with van der Waals surface area (Å²) in [5.74, 6) is -0.671. The van der Waals surface area contributed by atoms with Crippen molar-refractivity contribution in [3.8, 4) is 5.75 Å². The number of non-ortho nitro benzene ring substituents is 1. The van der Waals surface area contributed by atoms with E-state index in [0.29, 0.717) is 11.1 Å². The lowest BCUT2D eigenvalue weighted by Crippen LogP contribution is -2.28. The number of hydrogen-bond donors (Lipinski definition) is 0. The van der Waals surface area contributed by atoms with Gasteiger partial charge < -0.3 is 4.74 Å². The topological polar surface area (TPSA) is 102 Å². The van der Waals surface area contributed by atoms with Crippen LogP contribution >= 0.6 is 23.2 Å². The number of nitro groups is 1. The number of amides is 2. The highest BCUT2D eigenvalue weighted by Crippen LogP contribution is 2.52. The molecule has 0 aromatic heterocycles. The number of allylic oxidation sites excluding steroid dienone is 2. The molecule has 0 N–H and O–H groups in total. The molecular weight excluding hydrogens is 469 g/mol. The van der Waals surface area contributed by atoms with Gasteiger partial charge in [-0.1, -0.05) is 35.4 Å². The second-order valence-corrected chi connectivity index (χ2v) is 9.07. The van der Waals surface area contributed by atoms with Gasteiger partial charge in [0.2, 0.25) is 0 Å². The number of halogens is 2. The van der Waals surface area contributed by atoms with Gasteiger partial charge in [0, 0.05) is 12.1 Å². The molecular formula is C23H17Cl2N3O5. The Morgan fingerprint density at radius 2 is 1.64 bits per heavy atom. The molecule has 4 unspecified atom stereocenters. The van der Waals surface area contributed by atoms with Crippen molar-refractivity contribution in [2.24, 2.45) is 28.8 Å². The van der Waals surface area contributed by atoms with Gasteiger partial charge in [0.05, 0.1) is 33.0 Å². The first-order chi connectivity index (χ1) is 15.8. The van der Waals surface area contributed by atoms with Gasteiger partial charge in [-0.2, -0.15) is 10.1 Å². The van der Waals surface area contributed by atoms with E-state index in [0.717, 1.165) is 11.4 Å². The molecule has 0 radical (unpaired) electrons. The van der Waals surface area contributed by atoms with E-state index in [1.165, 1.54) is 18.3 Å².